The molecule has 0 unspecified atom stereocenters. The monoisotopic (exact) mass is 345 g/mol. The van der Waals surface area contributed by atoms with Gasteiger partial charge < -0.3 is 19.2 Å². The Labute approximate surface area is 146 Å². The Morgan fingerprint density at radius 2 is 1.88 bits per heavy atom. The highest BCUT2D eigenvalue weighted by Gasteiger charge is 2.29. The van der Waals surface area contributed by atoms with Gasteiger partial charge in [0.05, 0.1) is 6.26 Å². The molecular formula is C19H23NO5. The molecule has 0 radical (unpaired) electrons. The van der Waals surface area contributed by atoms with Crippen molar-refractivity contribution in [1.82, 2.24) is 4.90 Å². The average Bonchev–Trinajstić information content (AvgIpc) is 3.01. The Bertz CT molecular complexity index is 794. The summed E-state index contributed by atoms with van der Waals surface area (Å²) in [5.74, 6) is -0.729. The lowest BCUT2D eigenvalue weighted by atomic mass is 9.87. The van der Waals surface area contributed by atoms with Gasteiger partial charge >= 0.3 is 12.1 Å². The molecule has 25 heavy (non-hydrogen) atoms. The van der Waals surface area contributed by atoms with Gasteiger partial charge in [0, 0.05) is 18.5 Å². The Morgan fingerprint density at radius 3 is 2.48 bits per heavy atom. The van der Waals surface area contributed by atoms with Crippen LogP contribution in [0.5, 0.6) is 0 Å². The minimum Gasteiger partial charge on any atom is -0.478 e. The third kappa shape index (κ3) is 3.62. The van der Waals surface area contributed by atoms with Gasteiger partial charge in [-0.05, 0) is 57.2 Å². The van der Waals surface area contributed by atoms with Crippen LogP contribution >= 0.6 is 0 Å². The van der Waals surface area contributed by atoms with Crippen LogP contribution in [0.3, 0.4) is 0 Å². The van der Waals surface area contributed by atoms with Crippen molar-refractivity contribution in [2.24, 2.45) is 0 Å². The van der Waals surface area contributed by atoms with Crippen molar-refractivity contribution in [3.63, 3.8) is 0 Å². The molecule has 0 saturated carbocycles. The highest BCUT2D eigenvalue weighted by atomic mass is 16.6. The van der Waals surface area contributed by atoms with E-state index in [4.69, 9.17) is 9.15 Å². The van der Waals surface area contributed by atoms with Crippen molar-refractivity contribution in [3.05, 3.63) is 35.6 Å². The standard InChI is InChI=1S/C19H23NO5/c1-19(2,3)25-18(23)20-9-6-12(7-10-20)13-4-5-15(17(21)22)16-14(13)8-11-24-16/h4-5,8,11-12H,6-7,9-10H2,1-3H3,(H,21,22). The number of fused-ring (bicyclic) bond motifs is 1. The van der Waals surface area contributed by atoms with Crippen molar-refractivity contribution in [2.45, 2.75) is 45.1 Å². The van der Waals surface area contributed by atoms with E-state index in [1.807, 2.05) is 32.9 Å². The summed E-state index contributed by atoms with van der Waals surface area (Å²) in [6.07, 6.45) is 2.87. The summed E-state index contributed by atoms with van der Waals surface area (Å²) in [5, 5.41) is 10.1. The highest BCUT2D eigenvalue weighted by Crippen LogP contribution is 2.35. The number of likely N-dealkylation sites (tertiary alicyclic amines) is 1. The summed E-state index contributed by atoms with van der Waals surface area (Å²) in [6.45, 7) is 6.82. The topological polar surface area (TPSA) is 80.0 Å². The van der Waals surface area contributed by atoms with Crippen LogP contribution in [0.4, 0.5) is 4.79 Å². The van der Waals surface area contributed by atoms with Gasteiger partial charge in [-0.2, -0.15) is 0 Å². The second-order valence-corrected chi connectivity index (χ2v) is 7.41. The number of piperidine rings is 1. The Balaban J connectivity index is 1.75. The minimum atomic E-state index is -0.994. The lowest BCUT2D eigenvalue weighted by Crippen LogP contribution is -2.41. The number of amides is 1. The molecule has 1 aromatic carbocycles. The van der Waals surface area contributed by atoms with Crippen molar-refractivity contribution in [2.75, 3.05) is 13.1 Å². The number of carboxylic acid groups (broad SMARTS) is 1. The lowest BCUT2D eigenvalue weighted by molar-refractivity contribution is 0.0205. The van der Waals surface area contributed by atoms with Crippen molar-refractivity contribution >= 4 is 23.0 Å². The normalized spacial score (nSPS) is 16.2. The average molecular weight is 345 g/mol. The maximum absolute atomic E-state index is 12.2. The van der Waals surface area contributed by atoms with Crippen LogP contribution < -0.4 is 0 Å². The Morgan fingerprint density at radius 1 is 1.20 bits per heavy atom. The largest absolute Gasteiger partial charge is 0.478 e. The molecule has 134 valence electrons. The number of rotatable bonds is 2. The first kappa shape index (κ1) is 17.3. The fourth-order valence-corrected chi connectivity index (χ4v) is 3.31. The predicted molar refractivity (Wildman–Crippen MR) is 93.0 cm³/mol. The van der Waals surface area contributed by atoms with Gasteiger partial charge in [-0.15, -0.1) is 0 Å². The van der Waals surface area contributed by atoms with Gasteiger partial charge in [0.1, 0.15) is 16.7 Å². The van der Waals surface area contributed by atoms with Gasteiger partial charge in [0.2, 0.25) is 0 Å². The molecule has 1 aliphatic heterocycles. The maximum Gasteiger partial charge on any atom is 0.410 e. The summed E-state index contributed by atoms with van der Waals surface area (Å²) < 4.78 is 10.8. The summed E-state index contributed by atoms with van der Waals surface area (Å²) in [4.78, 5) is 25.2. The van der Waals surface area contributed by atoms with E-state index in [1.165, 1.54) is 6.26 Å². The molecule has 1 saturated heterocycles. The van der Waals surface area contributed by atoms with Crippen LogP contribution in [0, 0.1) is 0 Å². The molecule has 2 aromatic rings. The van der Waals surface area contributed by atoms with Gasteiger partial charge in [-0.25, -0.2) is 9.59 Å². The molecule has 1 N–H and O–H groups in total. The second-order valence-electron chi connectivity index (χ2n) is 7.41. The van der Waals surface area contributed by atoms with E-state index in [0.717, 1.165) is 23.8 Å². The summed E-state index contributed by atoms with van der Waals surface area (Å²) in [7, 11) is 0. The summed E-state index contributed by atoms with van der Waals surface area (Å²) in [5.41, 5.74) is 1.18. The fourth-order valence-electron chi connectivity index (χ4n) is 3.31. The predicted octanol–water partition coefficient (Wildman–Crippen LogP) is 4.25. The number of carboxylic acids is 1. The number of hydrogen-bond donors (Lipinski definition) is 1. The highest BCUT2D eigenvalue weighted by molar-refractivity contribution is 6.02. The Kier molecular flexibility index (Phi) is 4.45. The molecule has 1 aromatic heterocycles. The van der Waals surface area contributed by atoms with Crippen LogP contribution in [0.25, 0.3) is 11.0 Å². The molecule has 2 heterocycles. The number of furan rings is 1. The molecule has 1 fully saturated rings. The van der Waals surface area contributed by atoms with Crippen LogP contribution in [0.15, 0.2) is 28.9 Å². The Hall–Kier alpha value is -2.50. The molecule has 0 spiro atoms. The summed E-state index contributed by atoms with van der Waals surface area (Å²) in [6, 6.07) is 5.29. The molecule has 0 aliphatic carbocycles. The van der Waals surface area contributed by atoms with Crippen molar-refractivity contribution in [3.8, 4) is 0 Å². The third-order valence-corrected chi connectivity index (χ3v) is 4.47. The number of benzene rings is 1. The number of nitrogens with zero attached hydrogens (tertiary/aromatic N) is 1. The first-order chi connectivity index (χ1) is 11.8. The van der Waals surface area contributed by atoms with Crippen LogP contribution in [-0.4, -0.2) is 40.8 Å². The number of carbonyl (C=O) groups is 2. The van der Waals surface area contributed by atoms with Crippen molar-refractivity contribution in [1.29, 1.82) is 0 Å². The van der Waals surface area contributed by atoms with Crippen LogP contribution in [0.2, 0.25) is 0 Å². The van der Waals surface area contributed by atoms with Gasteiger partial charge in [0.15, 0.2) is 0 Å². The third-order valence-electron chi connectivity index (χ3n) is 4.47. The first-order valence-electron chi connectivity index (χ1n) is 8.47. The zero-order valence-electron chi connectivity index (χ0n) is 14.7. The van der Waals surface area contributed by atoms with Crippen molar-refractivity contribution < 1.29 is 23.8 Å². The van der Waals surface area contributed by atoms with Crippen LogP contribution in [0.1, 0.15) is 55.5 Å². The number of hydrogen-bond acceptors (Lipinski definition) is 4. The lowest BCUT2D eigenvalue weighted by Gasteiger charge is -2.33. The SMILES string of the molecule is CC(C)(C)OC(=O)N1CCC(c2ccc(C(=O)O)c3occc23)CC1. The minimum absolute atomic E-state index is 0.176. The van der Waals surface area contributed by atoms with E-state index in [9.17, 15) is 14.7 Å². The molecule has 1 amide bonds. The van der Waals surface area contributed by atoms with E-state index in [1.54, 1.807) is 11.0 Å². The van der Waals surface area contributed by atoms with Gasteiger partial charge in [0.25, 0.3) is 0 Å². The van der Waals surface area contributed by atoms with E-state index in [-0.39, 0.29) is 17.6 Å². The smallest absolute Gasteiger partial charge is 0.410 e. The number of aromatic carboxylic acids is 1. The molecule has 3 rings (SSSR count). The molecule has 1 aliphatic rings. The zero-order valence-corrected chi connectivity index (χ0v) is 14.7. The maximum atomic E-state index is 12.2. The number of carbonyl (C=O) groups excluding carboxylic acids is 1. The number of ether oxygens (including phenoxy) is 1. The second kappa shape index (κ2) is 6.43. The fraction of sp³-hybridized carbons (Fsp3) is 0.474. The van der Waals surface area contributed by atoms with E-state index >= 15 is 0 Å². The molecule has 0 bridgehead atoms. The molecular weight excluding hydrogens is 322 g/mol. The first-order valence-corrected chi connectivity index (χ1v) is 8.47. The van der Waals surface area contributed by atoms with E-state index < -0.39 is 11.6 Å². The zero-order chi connectivity index (χ0) is 18.2. The molecule has 0 atom stereocenters. The summed E-state index contributed by atoms with van der Waals surface area (Å²) >= 11 is 0. The van der Waals surface area contributed by atoms with E-state index in [2.05, 4.69) is 0 Å². The van der Waals surface area contributed by atoms with Gasteiger partial charge in [-0.1, -0.05) is 6.07 Å². The molecule has 6 nitrogen and oxygen atoms in total. The molecule has 6 heteroatoms. The quantitative estimate of drug-likeness (QED) is 0.880. The van der Waals surface area contributed by atoms with E-state index in [0.29, 0.717) is 18.7 Å². The van der Waals surface area contributed by atoms with Gasteiger partial charge in [-0.3, -0.25) is 0 Å². The van der Waals surface area contributed by atoms with Crippen LogP contribution in [-0.2, 0) is 4.74 Å².